The van der Waals surface area contributed by atoms with Crippen LogP contribution in [-0.2, 0) is 6.42 Å². The van der Waals surface area contributed by atoms with Crippen LogP contribution in [0.15, 0.2) is 24.3 Å². The number of aryl methyl sites for hydroxylation is 1. The van der Waals surface area contributed by atoms with E-state index in [4.69, 9.17) is 0 Å². The van der Waals surface area contributed by atoms with Crippen LogP contribution in [-0.4, -0.2) is 0 Å². The second-order valence-corrected chi connectivity index (χ2v) is 5.02. The highest BCUT2D eigenvalue weighted by molar-refractivity contribution is 5.29. The summed E-state index contributed by atoms with van der Waals surface area (Å²) < 4.78 is 0. The first-order valence-electron chi connectivity index (χ1n) is 6.83. The molecule has 0 nitrogen and oxygen atoms in total. The van der Waals surface area contributed by atoms with Crippen LogP contribution in [0.3, 0.4) is 0 Å². The number of hydrogen-bond acceptors (Lipinski definition) is 0. The molecule has 0 aliphatic heterocycles. The topological polar surface area (TPSA) is 0 Å². The highest BCUT2D eigenvalue weighted by Gasteiger charge is 2.04. The van der Waals surface area contributed by atoms with Gasteiger partial charge in [0.25, 0.3) is 0 Å². The van der Waals surface area contributed by atoms with E-state index in [-0.39, 0.29) is 0 Å². The molecule has 0 atom stereocenters. The van der Waals surface area contributed by atoms with Gasteiger partial charge in [0.1, 0.15) is 0 Å². The maximum Gasteiger partial charge on any atom is -0.0216 e. The van der Waals surface area contributed by atoms with Crippen LogP contribution in [0.5, 0.6) is 0 Å². The van der Waals surface area contributed by atoms with Crippen molar-refractivity contribution in [1.82, 2.24) is 0 Å². The summed E-state index contributed by atoms with van der Waals surface area (Å²) in [5, 5.41) is 0. The molecule has 0 fully saturated rings. The Morgan fingerprint density at radius 2 is 1.62 bits per heavy atom. The van der Waals surface area contributed by atoms with Crippen molar-refractivity contribution in [2.45, 2.75) is 65.2 Å². The number of rotatable bonds is 7. The minimum atomic E-state index is 0.659. The van der Waals surface area contributed by atoms with Crippen LogP contribution in [0, 0.1) is 0 Å². The zero-order valence-corrected chi connectivity index (χ0v) is 11.1. The molecule has 0 N–H and O–H groups in total. The Kier molecular flexibility index (Phi) is 6.22. The lowest BCUT2D eigenvalue weighted by Crippen LogP contribution is -1.96. The molecule has 0 aromatic heterocycles. The average Bonchev–Trinajstić information content (AvgIpc) is 2.29. The van der Waals surface area contributed by atoms with Gasteiger partial charge >= 0.3 is 0 Å². The molecule has 0 unspecified atom stereocenters. The van der Waals surface area contributed by atoms with Gasteiger partial charge in [-0.3, -0.25) is 0 Å². The Balaban J connectivity index is 2.41. The molecule has 90 valence electrons. The molecule has 0 amide bonds. The van der Waals surface area contributed by atoms with Crippen molar-refractivity contribution < 1.29 is 0 Å². The fourth-order valence-corrected chi connectivity index (χ4v) is 2.24. The van der Waals surface area contributed by atoms with E-state index in [0.29, 0.717) is 5.92 Å². The van der Waals surface area contributed by atoms with Gasteiger partial charge in [0.2, 0.25) is 0 Å². The SMILES string of the molecule is CCCCCCCc1ccccc1C(C)C. The van der Waals surface area contributed by atoms with Crippen molar-refractivity contribution in [2.75, 3.05) is 0 Å². The molecule has 16 heavy (non-hydrogen) atoms. The lowest BCUT2D eigenvalue weighted by molar-refractivity contribution is 0.629. The minimum Gasteiger partial charge on any atom is -0.0654 e. The van der Waals surface area contributed by atoms with Crippen LogP contribution in [0.4, 0.5) is 0 Å². The third-order valence-electron chi connectivity index (χ3n) is 3.23. The molecule has 0 spiro atoms. The van der Waals surface area contributed by atoms with E-state index in [9.17, 15) is 0 Å². The van der Waals surface area contributed by atoms with E-state index in [2.05, 4.69) is 45.0 Å². The largest absolute Gasteiger partial charge is 0.0654 e. The van der Waals surface area contributed by atoms with Crippen molar-refractivity contribution in [2.24, 2.45) is 0 Å². The van der Waals surface area contributed by atoms with Crippen LogP contribution in [0.1, 0.15) is 69.9 Å². The quantitative estimate of drug-likeness (QED) is 0.543. The zero-order chi connectivity index (χ0) is 11.8. The molecular weight excluding hydrogens is 192 g/mol. The normalized spacial score (nSPS) is 11.0. The van der Waals surface area contributed by atoms with E-state index >= 15 is 0 Å². The molecule has 0 aliphatic rings. The molecular formula is C16H26. The summed E-state index contributed by atoms with van der Waals surface area (Å²) >= 11 is 0. The third-order valence-corrected chi connectivity index (χ3v) is 3.23. The van der Waals surface area contributed by atoms with Crippen LogP contribution in [0.2, 0.25) is 0 Å². The standard InChI is InChI=1S/C16H26/c1-4-5-6-7-8-11-15-12-9-10-13-16(15)14(2)3/h9-10,12-14H,4-8,11H2,1-3H3. The predicted molar refractivity (Wildman–Crippen MR) is 73.0 cm³/mol. The van der Waals surface area contributed by atoms with E-state index in [1.165, 1.54) is 44.1 Å². The summed E-state index contributed by atoms with van der Waals surface area (Å²) in [4.78, 5) is 0. The Hall–Kier alpha value is -0.780. The van der Waals surface area contributed by atoms with Gasteiger partial charge in [-0.1, -0.05) is 70.7 Å². The number of benzene rings is 1. The molecule has 0 radical (unpaired) electrons. The molecule has 0 saturated heterocycles. The van der Waals surface area contributed by atoms with Gasteiger partial charge < -0.3 is 0 Å². The lowest BCUT2D eigenvalue weighted by Gasteiger charge is -2.12. The summed E-state index contributed by atoms with van der Waals surface area (Å²) in [7, 11) is 0. The molecule has 1 aromatic carbocycles. The van der Waals surface area contributed by atoms with Gasteiger partial charge in [0.05, 0.1) is 0 Å². The van der Waals surface area contributed by atoms with Crippen LogP contribution >= 0.6 is 0 Å². The Morgan fingerprint density at radius 3 is 2.31 bits per heavy atom. The van der Waals surface area contributed by atoms with E-state index in [1.54, 1.807) is 5.56 Å². The highest BCUT2D eigenvalue weighted by Crippen LogP contribution is 2.21. The summed E-state index contributed by atoms with van der Waals surface area (Å²) in [6.07, 6.45) is 8.14. The Labute approximate surface area is 101 Å². The fraction of sp³-hybridized carbons (Fsp3) is 0.625. The van der Waals surface area contributed by atoms with Crippen molar-refractivity contribution in [3.8, 4) is 0 Å². The average molecular weight is 218 g/mol. The van der Waals surface area contributed by atoms with Gasteiger partial charge in [-0.05, 0) is 29.9 Å². The molecule has 0 heterocycles. The fourth-order valence-electron chi connectivity index (χ4n) is 2.24. The molecule has 0 bridgehead atoms. The second kappa shape index (κ2) is 7.49. The molecule has 0 heteroatoms. The second-order valence-electron chi connectivity index (χ2n) is 5.02. The van der Waals surface area contributed by atoms with Crippen molar-refractivity contribution in [3.05, 3.63) is 35.4 Å². The Morgan fingerprint density at radius 1 is 0.938 bits per heavy atom. The van der Waals surface area contributed by atoms with Gasteiger partial charge in [-0.2, -0.15) is 0 Å². The predicted octanol–water partition coefficient (Wildman–Crippen LogP) is 5.32. The maximum absolute atomic E-state index is 2.30. The first-order chi connectivity index (χ1) is 7.75. The first kappa shape index (κ1) is 13.3. The first-order valence-corrected chi connectivity index (χ1v) is 6.83. The molecule has 1 rings (SSSR count). The maximum atomic E-state index is 2.30. The van der Waals surface area contributed by atoms with Crippen LogP contribution < -0.4 is 0 Å². The van der Waals surface area contributed by atoms with Crippen LogP contribution in [0.25, 0.3) is 0 Å². The number of unbranched alkanes of at least 4 members (excludes halogenated alkanes) is 4. The Bertz CT molecular complexity index is 286. The van der Waals surface area contributed by atoms with Gasteiger partial charge in [0.15, 0.2) is 0 Å². The smallest absolute Gasteiger partial charge is 0.0216 e. The van der Waals surface area contributed by atoms with E-state index in [0.717, 1.165) is 0 Å². The molecule has 1 aromatic rings. The van der Waals surface area contributed by atoms with Gasteiger partial charge in [-0.15, -0.1) is 0 Å². The number of hydrogen-bond donors (Lipinski definition) is 0. The van der Waals surface area contributed by atoms with E-state index < -0.39 is 0 Å². The summed E-state index contributed by atoms with van der Waals surface area (Å²) in [5.41, 5.74) is 3.10. The summed E-state index contributed by atoms with van der Waals surface area (Å²) in [6, 6.07) is 8.92. The third kappa shape index (κ3) is 4.38. The van der Waals surface area contributed by atoms with Crippen molar-refractivity contribution >= 4 is 0 Å². The highest BCUT2D eigenvalue weighted by atomic mass is 14.1. The lowest BCUT2D eigenvalue weighted by atomic mass is 9.94. The van der Waals surface area contributed by atoms with Gasteiger partial charge in [0, 0.05) is 0 Å². The molecule has 0 saturated carbocycles. The summed E-state index contributed by atoms with van der Waals surface area (Å²) in [5.74, 6) is 0.659. The molecule has 0 aliphatic carbocycles. The minimum absolute atomic E-state index is 0.659. The van der Waals surface area contributed by atoms with Crippen molar-refractivity contribution in [1.29, 1.82) is 0 Å². The van der Waals surface area contributed by atoms with E-state index in [1.807, 2.05) is 0 Å². The van der Waals surface area contributed by atoms with Gasteiger partial charge in [-0.25, -0.2) is 0 Å². The monoisotopic (exact) mass is 218 g/mol. The summed E-state index contributed by atoms with van der Waals surface area (Å²) in [6.45, 7) is 6.85. The zero-order valence-electron chi connectivity index (χ0n) is 11.1. The van der Waals surface area contributed by atoms with Crippen molar-refractivity contribution in [3.63, 3.8) is 0 Å².